The third kappa shape index (κ3) is 3.37. The van der Waals surface area contributed by atoms with Crippen molar-refractivity contribution in [2.75, 3.05) is 6.54 Å². The molecule has 1 aromatic carbocycles. The molecular formula is C16H19FN2O. The Morgan fingerprint density at radius 3 is 2.90 bits per heavy atom. The molecule has 4 heteroatoms. The van der Waals surface area contributed by atoms with Gasteiger partial charge in [0.2, 0.25) is 0 Å². The fourth-order valence-electron chi connectivity index (χ4n) is 2.31. The smallest absolute Gasteiger partial charge is 0.252 e. The molecular weight excluding hydrogens is 255 g/mol. The minimum Gasteiger partial charge on any atom is -0.349 e. The van der Waals surface area contributed by atoms with E-state index in [2.05, 4.69) is 17.2 Å². The first-order valence-electron chi connectivity index (χ1n) is 6.91. The van der Waals surface area contributed by atoms with E-state index in [0.29, 0.717) is 17.0 Å². The van der Waals surface area contributed by atoms with Crippen LogP contribution in [0, 0.1) is 23.6 Å². The number of nitrogens with two attached hydrogens (primary N) is 1. The first-order valence-corrected chi connectivity index (χ1v) is 6.91. The molecule has 0 aliphatic heterocycles. The Hall–Kier alpha value is -1.86. The molecule has 0 heterocycles. The lowest BCUT2D eigenvalue weighted by Crippen LogP contribution is -2.40. The van der Waals surface area contributed by atoms with E-state index < -0.39 is 5.82 Å². The average molecular weight is 274 g/mol. The van der Waals surface area contributed by atoms with Crippen LogP contribution in [-0.4, -0.2) is 18.5 Å². The molecule has 3 nitrogen and oxygen atoms in total. The van der Waals surface area contributed by atoms with Gasteiger partial charge in [0.15, 0.2) is 0 Å². The molecule has 0 saturated heterocycles. The van der Waals surface area contributed by atoms with Gasteiger partial charge in [0, 0.05) is 11.6 Å². The maximum absolute atomic E-state index is 13.3. The molecule has 1 amide bonds. The van der Waals surface area contributed by atoms with E-state index >= 15 is 0 Å². The van der Waals surface area contributed by atoms with Crippen LogP contribution in [0.2, 0.25) is 0 Å². The summed E-state index contributed by atoms with van der Waals surface area (Å²) in [6, 6.07) is 4.15. The number of halogens is 1. The number of carbonyl (C=O) groups excluding carboxylic acids is 1. The third-order valence-electron chi connectivity index (χ3n) is 3.77. The summed E-state index contributed by atoms with van der Waals surface area (Å²) in [6.45, 7) is 2.19. The van der Waals surface area contributed by atoms with Gasteiger partial charge in [-0.2, -0.15) is 0 Å². The van der Waals surface area contributed by atoms with Gasteiger partial charge in [0.05, 0.1) is 12.1 Å². The maximum atomic E-state index is 13.3. The van der Waals surface area contributed by atoms with E-state index in [0.717, 1.165) is 12.8 Å². The van der Waals surface area contributed by atoms with Crippen LogP contribution < -0.4 is 11.1 Å². The number of hydrogen-bond acceptors (Lipinski definition) is 2. The highest BCUT2D eigenvalue weighted by Crippen LogP contribution is 2.29. The highest BCUT2D eigenvalue weighted by molar-refractivity contribution is 5.96. The minimum absolute atomic E-state index is 0.136. The van der Waals surface area contributed by atoms with Gasteiger partial charge >= 0.3 is 0 Å². The van der Waals surface area contributed by atoms with E-state index in [-0.39, 0.29) is 18.5 Å². The number of rotatable bonds is 3. The third-order valence-corrected chi connectivity index (χ3v) is 3.77. The van der Waals surface area contributed by atoms with Crippen molar-refractivity contribution in [1.29, 1.82) is 0 Å². The fourth-order valence-corrected chi connectivity index (χ4v) is 2.31. The zero-order valence-electron chi connectivity index (χ0n) is 11.6. The number of hydrogen-bond donors (Lipinski definition) is 2. The molecule has 1 aromatic rings. The fraction of sp³-hybridized carbons (Fsp3) is 0.438. The Balaban J connectivity index is 2.15. The van der Waals surface area contributed by atoms with Crippen molar-refractivity contribution in [3.8, 4) is 11.8 Å². The molecule has 106 valence electrons. The van der Waals surface area contributed by atoms with Crippen molar-refractivity contribution in [3.63, 3.8) is 0 Å². The van der Waals surface area contributed by atoms with E-state index in [1.165, 1.54) is 24.6 Å². The summed E-state index contributed by atoms with van der Waals surface area (Å²) in [7, 11) is 0. The van der Waals surface area contributed by atoms with Crippen molar-refractivity contribution in [1.82, 2.24) is 5.32 Å². The molecule has 0 radical (unpaired) electrons. The predicted molar refractivity (Wildman–Crippen MR) is 76.6 cm³/mol. The summed E-state index contributed by atoms with van der Waals surface area (Å²) in [4.78, 5) is 12.3. The van der Waals surface area contributed by atoms with Gasteiger partial charge in [-0.05, 0) is 43.9 Å². The van der Waals surface area contributed by atoms with Gasteiger partial charge in [-0.25, -0.2) is 4.39 Å². The highest BCUT2D eigenvalue weighted by atomic mass is 19.1. The molecule has 20 heavy (non-hydrogen) atoms. The first-order chi connectivity index (χ1) is 9.61. The molecule has 1 fully saturated rings. The number of nitrogens with one attached hydrogen (secondary N) is 1. The van der Waals surface area contributed by atoms with Crippen LogP contribution in [-0.2, 0) is 0 Å². The van der Waals surface area contributed by atoms with Gasteiger partial charge < -0.3 is 11.1 Å². The number of carbonyl (C=O) groups is 1. The Morgan fingerprint density at radius 1 is 1.55 bits per heavy atom. The van der Waals surface area contributed by atoms with Crippen LogP contribution in [0.3, 0.4) is 0 Å². The SMILES string of the molecule is CC(NC(=O)c1ccc(F)cc1C#CCN)C1CCC1. The summed E-state index contributed by atoms with van der Waals surface area (Å²) in [5.41, 5.74) is 6.10. The molecule has 0 bridgehead atoms. The molecule has 1 atom stereocenters. The lowest BCUT2D eigenvalue weighted by molar-refractivity contribution is 0.0909. The summed E-state index contributed by atoms with van der Waals surface area (Å²) in [6.07, 6.45) is 3.55. The predicted octanol–water partition coefficient (Wildman–Crippen LogP) is 2.05. The van der Waals surface area contributed by atoms with Crippen LogP contribution in [0.4, 0.5) is 4.39 Å². The van der Waals surface area contributed by atoms with E-state index in [1.54, 1.807) is 0 Å². The first kappa shape index (κ1) is 14.5. The molecule has 3 N–H and O–H groups in total. The summed E-state index contributed by atoms with van der Waals surface area (Å²) in [5, 5.41) is 2.97. The Morgan fingerprint density at radius 2 is 2.30 bits per heavy atom. The zero-order chi connectivity index (χ0) is 14.5. The van der Waals surface area contributed by atoms with Crippen LogP contribution in [0.15, 0.2) is 18.2 Å². The largest absolute Gasteiger partial charge is 0.349 e. The van der Waals surface area contributed by atoms with Gasteiger partial charge in [-0.1, -0.05) is 18.3 Å². The molecule has 2 rings (SSSR count). The second-order valence-corrected chi connectivity index (χ2v) is 5.15. The Bertz CT molecular complexity index is 555. The molecule has 1 unspecified atom stereocenters. The lowest BCUT2D eigenvalue weighted by atomic mass is 9.80. The van der Waals surface area contributed by atoms with Gasteiger partial charge in [0.25, 0.3) is 5.91 Å². The van der Waals surface area contributed by atoms with Gasteiger partial charge in [-0.15, -0.1) is 0 Å². The monoisotopic (exact) mass is 274 g/mol. The van der Waals surface area contributed by atoms with E-state index in [4.69, 9.17) is 5.73 Å². The average Bonchev–Trinajstić information content (AvgIpc) is 2.33. The molecule has 1 aliphatic carbocycles. The Kier molecular flexibility index (Phi) is 4.75. The molecule has 1 aliphatic rings. The van der Waals surface area contributed by atoms with Crippen LogP contribution in [0.25, 0.3) is 0 Å². The van der Waals surface area contributed by atoms with Crippen molar-refractivity contribution in [2.45, 2.75) is 32.2 Å². The molecule has 1 saturated carbocycles. The number of benzene rings is 1. The zero-order valence-corrected chi connectivity index (χ0v) is 11.6. The van der Waals surface area contributed by atoms with Gasteiger partial charge in [-0.3, -0.25) is 4.79 Å². The standard InChI is InChI=1S/C16H19FN2O/c1-11(12-4-2-5-12)19-16(20)15-8-7-14(17)10-13(15)6-3-9-18/h7-8,10-12H,2,4-5,9,18H2,1H3,(H,19,20). The summed E-state index contributed by atoms with van der Waals surface area (Å²) in [5.74, 6) is 5.35. The molecule has 0 aromatic heterocycles. The van der Waals surface area contributed by atoms with Crippen molar-refractivity contribution in [3.05, 3.63) is 35.1 Å². The topological polar surface area (TPSA) is 55.1 Å². The maximum Gasteiger partial charge on any atom is 0.252 e. The second kappa shape index (κ2) is 6.53. The van der Waals surface area contributed by atoms with Crippen LogP contribution in [0.5, 0.6) is 0 Å². The highest BCUT2D eigenvalue weighted by Gasteiger charge is 2.25. The van der Waals surface area contributed by atoms with Crippen molar-refractivity contribution >= 4 is 5.91 Å². The quantitative estimate of drug-likeness (QED) is 0.829. The number of amides is 1. The van der Waals surface area contributed by atoms with Crippen LogP contribution in [0.1, 0.15) is 42.1 Å². The second-order valence-electron chi connectivity index (χ2n) is 5.15. The van der Waals surface area contributed by atoms with Gasteiger partial charge in [0.1, 0.15) is 5.82 Å². The van der Waals surface area contributed by atoms with Crippen molar-refractivity contribution in [2.24, 2.45) is 11.7 Å². The minimum atomic E-state index is -0.407. The lowest BCUT2D eigenvalue weighted by Gasteiger charge is -2.31. The van der Waals surface area contributed by atoms with E-state index in [1.807, 2.05) is 6.92 Å². The van der Waals surface area contributed by atoms with E-state index in [9.17, 15) is 9.18 Å². The van der Waals surface area contributed by atoms with Crippen LogP contribution >= 0.6 is 0 Å². The Labute approximate surface area is 118 Å². The van der Waals surface area contributed by atoms with Crippen molar-refractivity contribution < 1.29 is 9.18 Å². The normalized spacial score (nSPS) is 15.8. The molecule has 0 spiro atoms. The summed E-state index contributed by atoms with van der Waals surface area (Å²) >= 11 is 0. The summed E-state index contributed by atoms with van der Waals surface area (Å²) < 4.78 is 13.3.